The molecule has 0 fully saturated rings. The van der Waals surface area contributed by atoms with Crippen molar-refractivity contribution in [2.24, 2.45) is 5.92 Å². The van der Waals surface area contributed by atoms with Crippen LogP contribution in [0, 0.1) is 5.92 Å². The molecule has 0 aromatic carbocycles. The summed E-state index contributed by atoms with van der Waals surface area (Å²) in [6, 6.07) is 0. The lowest BCUT2D eigenvalue weighted by atomic mass is 9.93. The monoisotopic (exact) mass is 278 g/mol. The summed E-state index contributed by atoms with van der Waals surface area (Å²) in [5.41, 5.74) is 0. The van der Waals surface area contributed by atoms with Crippen molar-refractivity contribution in [3.8, 4) is 0 Å². The fourth-order valence-corrected chi connectivity index (χ4v) is 3.75. The summed E-state index contributed by atoms with van der Waals surface area (Å²) in [6.07, 6.45) is 19.7. The highest BCUT2D eigenvalue weighted by molar-refractivity contribution is 8.00. The van der Waals surface area contributed by atoms with Gasteiger partial charge in [-0.25, -0.2) is 0 Å². The first-order valence-electron chi connectivity index (χ1n) is 7.38. The van der Waals surface area contributed by atoms with Gasteiger partial charge in [0.25, 0.3) is 0 Å². The molecule has 1 nitrogen and oxygen atoms in total. The third-order valence-corrected chi connectivity index (χ3v) is 4.91. The molecular weight excluding hydrogens is 252 g/mol. The molecule has 0 amide bonds. The van der Waals surface area contributed by atoms with E-state index in [-0.39, 0.29) is 0 Å². The summed E-state index contributed by atoms with van der Waals surface area (Å²) in [4.78, 5) is 10.3. The van der Waals surface area contributed by atoms with E-state index in [4.69, 9.17) is 0 Å². The lowest BCUT2D eigenvalue weighted by molar-refractivity contribution is -0.107. The highest BCUT2D eigenvalue weighted by Gasteiger charge is 2.21. The molecule has 0 radical (unpaired) electrons. The molecule has 2 unspecified atom stereocenters. The van der Waals surface area contributed by atoms with Crippen LogP contribution >= 0.6 is 11.8 Å². The van der Waals surface area contributed by atoms with Crippen molar-refractivity contribution in [2.75, 3.05) is 5.75 Å². The maximum Gasteiger partial charge on any atom is 0.119 e. The lowest BCUT2D eigenvalue weighted by Crippen LogP contribution is -2.19. The lowest BCUT2D eigenvalue weighted by Gasteiger charge is -2.27. The molecule has 0 aromatic heterocycles. The molecule has 0 aromatic rings. The van der Waals surface area contributed by atoms with Crippen LogP contribution in [0.25, 0.3) is 0 Å². The number of hydrogen-bond donors (Lipinski definition) is 0. The first-order valence-corrected chi connectivity index (χ1v) is 8.42. The number of unbranched alkanes of at least 4 members (excludes halogenated alkanes) is 3. The number of hydrogen-bond acceptors (Lipinski definition) is 2. The summed E-state index contributed by atoms with van der Waals surface area (Å²) in [5, 5.41) is 0.776. The Labute approximate surface area is 122 Å². The number of thioether (sulfide) groups is 1. The Morgan fingerprint density at radius 3 is 2.89 bits per heavy atom. The van der Waals surface area contributed by atoms with Crippen LogP contribution in [0.15, 0.2) is 37.0 Å². The highest BCUT2D eigenvalue weighted by atomic mass is 32.2. The van der Waals surface area contributed by atoms with E-state index < -0.39 is 0 Å². The molecule has 0 N–H and O–H groups in total. The van der Waals surface area contributed by atoms with Crippen LogP contribution in [0.2, 0.25) is 0 Å². The smallest absolute Gasteiger partial charge is 0.119 e. The highest BCUT2D eigenvalue weighted by Crippen LogP contribution is 2.33. The van der Waals surface area contributed by atoms with E-state index in [9.17, 15) is 4.79 Å². The molecule has 1 aliphatic heterocycles. The second-order valence-electron chi connectivity index (χ2n) is 5.01. The minimum Gasteiger partial charge on any atom is -0.303 e. The van der Waals surface area contributed by atoms with Crippen LogP contribution in [0.5, 0.6) is 0 Å². The molecule has 2 heteroatoms. The molecule has 0 bridgehead atoms. The van der Waals surface area contributed by atoms with Gasteiger partial charge in [-0.15, -0.1) is 0 Å². The van der Waals surface area contributed by atoms with Gasteiger partial charge in [-0.05, 0) is 38.0 Å². The largest absolute Gasteiger partial charge is 0.303 e. The van der Waals surface area contributed by atoms with Crippen molar-refractivity contribution in [3.63, 3.8) is 0 Å². The van der Waals surface area contributed by atoms with E-state index in [2.05, 4.69) is 36.6 Å². The van der Waals surface area contributed by atoms with E-state index >= 15 is 0 Å². The number of allylic oxidation sites excluding steroid dienone is 4. The van der Waals surface area contributed by atoms with Crippen molar-refractivity contribution in [1.82, 2.24) is 0 Å². The molecule has 106 valence electrons. The zero-order chi connectivity index (χ0) is 13.8. The van der Waals surface area contributed by atoms with Gasteiger partial charge in [-0.1, -0.05) is 43.4 Å². The molecule has 0 aliphatic carbocycles. The maximum absolute atomic E-state index is 10.3. The predicted octanol–water partition coefficient (Wildman–Crippen LogP) is 4.95. The van der Waals surface area contributed by atoms with Crippen LogP contribution < -0.4 is 0 Å². The summed E-state index contributed by atoms with van der Waals surface area (Å²) in [6.45, 7) is 3.68. The van der Waals surface area contributed by atoms with E-state index in [0.29, 0.717) is 5.92 Å². The van der Waals surface area contributed by atoms with Crippen molar-refractivity contribution >= 4 is 18.0 Å². The topological polar surface area (TPSA) is 17.1 Å². The Kier molecular flexibility index (Phi) is 9.52. The van der Waals surface area contributed by atoms with E-state index in [1.165, 1.54) is 25.7 Å². The van der Waals surface area contributed by atoms with Gasteiger partial charge < -0.3 is 4.79 Å². The summed E-state index contributed by atoms with van der Waals surface area (Å²) < 4.78 is 0. The molecule has 1 aliphatic rings. The molecule has 1 rings (SSSR count). The Morgan fingerprint density at radius 2 is 2.11 bits per heavy atom. The quantitative estimate of drug-likeness (QED) is 0.243. The number of carbonyl (C=O) groups is 1. The van der Waals surface area contributed by atoms with Crippen LogP contribution in [-0.2, 0) is 4.79 Å². The van der Waals surface area contributed by atoms with Gasteiger partial charge in [-0.2, -0.15) is 11.8 Å². The number of rotatable bonds is 10. The van der Waals surface area contributed by atoms with Gasteiger partial charge in [0.1, 0.15) is 6.29 Å². The van der Waals surface area contributed by atoms with Gasteiger partial charge in [0.2, 0.25) is 0 Å². The summed E-state index contributed by atoms with van der Waals surface area (Å²) >= 11 is 2.10. The summed E-state index contributed by atoms with van der Waals surface area (Å²) in [7, 11) is 0. The van der Waals surface area contributed by atoms with Crippen LogP contribution in [0.3, 0.4) is 0 Å². The number of carbonyl (C=O) groups excluding carboxylic acids is 1. The van der Waals surface area contributed by atoms with Crippen LogP contribution in [0.1, 0.15) is 44.9 Å². The second kappa shape index (κ2) is 11.1. The molecular formula is C17H26OS. The van der Waals surface area contributed by atoms with Gasteiger partial charge in [0.05, 0.1) is 0 Å². The Bertz CT molecular complexity index is 306. The first kappa shape index (κ1) is 16.3. The first-order chi connectivity index (χ1) is 9.38. The van der Waals surface area contributed by atoms with Crippen LogP contribution in [0.4, 0.5) is 0 Å². The molecule has 2 atom stereocenters. The van der Waals surface area contributed by atoms with Crippen molar-refractivity contribution in [1.29, 1.82) is 0 Å². The van der Waals surface area contributed by atoms with Crippen molar-refractivity contribution in [3.05, 3.63) is 37.0 Å². The van der Waals surface area contributed by atoms with Gasteiger partial charge >= 0.3 is 0 Å². The third-order valence-electron chi connectivity index (χ3n) is 3.51. The average molecular weight is 278 g/mol. The van der Waals surface area contributed by atoms with Gasteiger partial charge in [0.15, 0.2) is 0 Å². The second-order valence-corrected chi connectivity index (χ2v) is 6.28. The van der Waals surface area contributed by atoms with Gasteiger partial charge in [0, 0.05) is 17.4 Å². The van der Waals surface area contributed by atoms with Crippen molar-refractivity contribution in [2.45, 2.75) is 50.2 Å². The third kappa shape index (κ3) is 7.41. The Balaban J connectivity index is 2.24. The van der Waals surface area contributed by atoms with Gasteiger partial charge in [-0.3, -0.25) is 0 Å². The Morgan fingerprint density at radius 1 is 1.21 bits per heavy atom. The standard InChI is InChI=1S/C17H26OS/c1-2-3-4-5-8-13-17-16(12-10-15-19-17)11-7-6-9-14-18/h2-4,10,12,14,16-17H,1,5-9,11,13,15H2/b4-3+. The predicted molar refractivity (Wildman–Crippen MR) is 86.6 cm³/mol. The molecule has 1 heterocycles. The zero-order valence-electron chi connectivity index (χ0n) is 11.8. The van der Waals surface area contributed by atoms with E-state index in [0.717, 1.165) is 36.6 Å². The zero-order valence-corrected chi connectivity index (χ0v) is 12.6. The van der Waals surface area contributed by atoms with Crippen LogP contribution in [-0.4, -0.2) is 17.3 Å². The fourth-order valence-electron chi connectivity index (χ4n) is 2.47. The maximum atomic E-state index is 10.3. The molecule has 0 saturated carbocycles. The molecule has 19 heavy (non-hydrogen) atoms. The number of aldehydes is 1. The normalized spacial score (nSPS) is 22.7. The minimum atomic E-state index is 0.716. The fraction of sp³-hybridized carbons (Fsp3) is 0.588. The SMILES string of the molecule is C=C/C=C/CCCC1SCC=CC1CCCCC=O. The Hall–Kier alpha value is -0.760. The molecule has 0 spiro atoms. The van der Waals surface area contributed by atoms with Crippen molar-refractivity contribution < 1.29 is 4.79 Å². The minimum absolute atomic E-state index is 0.716. The van der Waals surface area contributed by atoms with E-state index in [1.807, 2.05) is 12.2 Å². The summed E-state index contributed by atoms with van der Waals surface area (Å²) in [5.74, 6) is 1.88. The average Bonchev–Trinajstić information content (AvgIpc) is 2.45. The van der Waals surface area contributed by atoms with E-state index in [1.54, 1.807) is 0 Å². The molecule has 0 saturated heterocycles.